The van der Waals surface area contributed by atoms with Crippen molar-refractivity contribution in [3.8, 4) is 0 Å². The van der Waals surface area contributed by atoms with Crippen molar-refractivity contribution in [1.29, 1.82) is 0 Å². The number of benzene rings is 1. The Morgan fingerprint density at radius 1 is 1.50 bits per heavy atom. The van der Waals surface area contributed by atoms with Crippen molar-refractivity contribution in [2.24, 2.45) is 5.73 Å². The Hall–Kier alpha value is 0.01000. The maximum absolute atomic E-state index is 5.59. The zero-order valence-electron chi connectivity index (χ0n) is 9.58. The molecule has 2 rings (SSSR count). The summed E-state index contributed by atoms with van der Waals surface area (Å²) in [6.07, 6.45) is 3.81. The molecule has 88 valence electrons. The van der Waals surface area contributed by atoms with Gasteiger partial charge in [0, 0.05) is 14.6 Å². The highest BCUT2D eigenvalue weighted by atomic mass is 79.9. The molecule has 3 heteroatoms. The molecular weight excluding hydrogens is 282 g/mol. The van der Waals surface area contributed by atoms with Crippen molar-refractivity contribution in [2.75, 3.05) is 6.54 Å². The van der Waals surface area contributed by atoms with Gasteiger partial charge in [0.1, 0.15) is 0 Å². The SMILES string of the molecule is CC(CCN)c1ccc(SC2CC2)c(Br)c1. The van der Waals surface area contributed by atoms with E-state index < -0.39 is 0 Å². The van der Waals surface area contributed by atoms with Crippen LogP contribution in [0.5, 0.6) is 0 Å². The molecule has 0 saturated heterocycles. The molecule has 1 unspecified atom stereocenters. The second kappa shape index (κ2) is 5.56. The minimum absolute atomic E-state index is 0.557. The summed E-state index contributed by atoms with van der Waals surface area (Å²) in [5.41, 5.74) is 6.98. The number of halogens is 1. The number of rotatable bonds is 5. The molecule has 0 radical (unpaired) electrons. The highest BCUT2D eigenvalue weighted by molar-refractivity contribution is 9.10. The molecule has 0 heterocycles. The van der Waals surface area contributed by atoms with Crippen LogP contribution in [0.25, 0.3) is 0 Å². The summed E-state index contributed by atoms with van der Waals surface area (Å²) in [6.45, 7) is 3.00. The second-order valence-corrected chi connectivity index (χ2v) is 6.68. The number of thioether (sulfide) groups is 1. The lowest BCUT2D eigenvalue weighted by atomic mass is 9.98. The van der Waals surface area contributed by atoms with E-state index in [4.69, 9.17) is 5.73 Å². The van der Waals surface area contributed by atoms with Crippen LogP contribution in [0.1, 0.15) is 37.7 Å². The summed E-state index contributed by atoms with van der Waals surface area (Å²) in [6, 6.07) is 6.75. The predicted molar refractivity (Wildman–Crippen MR) is 75.1 cm³/mol. The second-order valence-electron chi connectivity index (χ2n) is 4.49. The Morgan fingerprint density at radius 2 is 2.25 bits per heavy atom. The van der Waals surface area contributed by atoms with Crippen molar-refractivity contribution in [1.82, 2.24) is 0 Å². The molecule has 1 aromatic rings. The first-order valence-electron chi connectivity index (χ1n) is 5.87. The van der Waals surface area contributed by atoms with Gasteiger partial charge in [-0.1, -0.05) is 13.0 Å². The fraction of sp³-hybridized carbons (Fsp3) is 0.538. The van der Waals surface area contributed by atoms with Gasteiger partial charge in [0.25, 0.3) is 0 Å². The van der Waals surface area contributed by atoms with Gasteiger partial charge in [0.05, 0.1) is 0 Å². The monoisotopic (exact) mass is 299 g/mol. The lowest BCUT2D eigenvalue weighted by Gasteiger charge is -2.12. The molecule has 0 spiro atoms. The molecule has 0 aromatic heterocycles. The summed E-state index contributed by atoms with van der Waals surface area (Å²) in [7, 11) is 0. The van der Waals surface area contributed by atoms with Crippen LogP contribution in [0.2, 0.25) is 0 Å². The normalized spacial score (nSPS) is 17.4. The summed E-state index contributed by atoms with van der Waals surface area (Å²) in [4.78, 5) is 1.38. The van der Waals surface area contributed by atoms with Gasteiger partial charge >= 0.3 is 0 Å². The number of nitrogens with two attached hydrogens (primary N) is 1. The molecule has 1 saturated carbocycles. The van der Waals surface area contributed by atoms with Crippen LogP contribution in [-0.2, 0) is 0 Å². The van der Waals surface area contributed by atoms with Crippen LogP contribution in [0.4, 0.5) is 0 Å². The Kier molecular flexibility index (Phi) is 4.34. The first-order chi connectivity index (χ1) is 7.70. The summed E-state index contributed by atoms with van der Waals surface area (Å²) in [5.74, 6) is 0.557. The summed E-state index contributed by atoms with van der Waals surface area (Å²) >= 11 is 5.67. The van der Waals surface area contributed by atoms with E-state index in [9.17, 15) is 0 Å². The van der Waals surface area contributed by atoms with E-state index in [-0.39, 0.29) is 0 Å². The predicted octanol–water partition coefficient (Wildman–Crippen LogP) is 4.16. The molecule has 0 aliphatic heterocycles. The van der Waals surface area contributed by atoms with Crippen LogP contribution < -0.4 is 5.73 Å². The van der Waals surface area contributed by atoms with Crippen LogP contribution in [0.3, 0.4) is 0 Å². The lowest BCUT2D eigenvalue weighted by Crippen LogP contribution is -2.04. The van der Waals surface area contributed by atoms with Crippen LogP contribution in [-0.4, -0.2) is 11.8 Å². The fourth-order valence-corrected chi connectivity index (χ4v) is 3.43. The molecule has 2 N–H and O–H groups in total. The van der Waals surface area contributed by atoms with Crippen molar-refractivity contribution >= 4 is 27.7 Å². The van der Waals surface area contributed by atoms with Gasteiger partial charge in [-0.15, -0.1) is 11.8 Å². The van der Waals surface area contributed by atoms with E-state index in [2.05, 4.69) is 41.1 Å². The van der Waals surface area contributed by atoms with E-state index in [0.29, 0.717) is 5.92 Å². The smallest absolute Gasteiger partial charge is 0.0314 e. The maximum atomic E-state index is 5.59. The van der Waals surface area contributed by atoms with Crippen LogP contribution in [0, 0.1) is 0 Å². The van der Waals surface area contributed by atoms with E-state index in [1.165, 1.54) is 27.8 Å². The third-order valence-corrected chi connectivity index (χ3v) is 5.28. The first kappa shape index (κ1) is 12.5. The van der Waals surface area contributed by atoms with Crippen LogP contribution >= 0.6 is 27.7 Å². The van der Waals surface area contributed by atoms with E-state index >= 15 is 0 Å². The van der Waals surface area contributed by atoms with Crippen molar-refractivity contribution in [3.63, 3.8) is 0 Å². The van der Waals surface area contributed by atoms with Crippen LogP contribution in [0.15, 0.2) is 27.6 Å². The zero-order chi connectivity index (χ0) is 11.5. The van der Waals surface area contributed by atoms with E-state index in [0.717, 1.165) is 18.2 Å². The Morgan fingerprint density at radius 3 is 2.81 bits per heavy atom. The number of hydrogen-bond donors (Lipinski definition) is 1. The van der Waals surface area contributed by atoms with Gasteiger partial charge in [-0.2, -0.15) is 0 Å². The summed E-state index contributed by atoms with van der Waals surface area (Å²) < 4.78 is 1.24. The standard InChI is InChI=1S/C13H18BrNS/c1-9(6-7-15)10-2-5-13(12(14)8-10)16-11-3-4-11/h2,5,8-9,11H,3-4,6-7,15H2,1H3. The molecule has 0 amide bonds. The zero-order valence-corrected chi connectivity index (χ0v) is 12.0. The average molecular weight is 300 g/mol. The number of hydrogen-bond acceptors (Lipinski definition) is 2. The molecule has 16 heavy (non-hydrogen) atoms. The third-order valence-electron chi connectivity index (χ3n) is 2.94. The molecule has 1 atom stereocenters. The van der Waals surface area contributed by atoms with Crippen molar-refractivity contribution in [3.05, 3.63) is 28.2 Å². The molecule has 1 aliphatic rings. The largest absolute Gasteiger partial charge is 0.330 e. The summed E-state index contributed by atoms with van der Waals surface area (Å²) in [5, 5.41) is 0.864. The van der Waals surface area contributed by atoms with Gasteiger partial charge in [-0.3, -0.25) is 0 Å². The minimum Gasteiger partial charge on any atom is -0.330 e. The Labute approximate surface area is 110 Å². The molecule has 1 aromatic carbocycles. The highest BCUT2D eigenvalue weighted by Crippen LogP contribution is 2.42. The minimum atomic E-state index is 0.557. The van der Waals surface area contributed by atoms with Gasteiger partial charge in [0.15, 0.2) is 0 Å². The topological polar surface area (TPSA) is 26.0 Å². The van der Waals surface area contributed by atoms with Gasteiger partial charge in [-0.05, 0) is 65.4 Å². The molecule has 0 bridgehead atoms. The Bertz CT molecular complexity index is 363. The maximum Gasteiger partial charge on any atom is 0.0314 e. The average Bonchev–Trinajstić information content (AvgIpc) is 3.05. The fourth-order valence-electron chi connectivity index (χ4n) is 1.70. The molecule has 1 fully saturated rings. The quantitative estimate of drug-likeness (QED) is 0.883. The molecule has 1 aliphatic carbocycles. The van der Waals surface area contributed by atoms with Gasteiger partial charge in [0.2, 0.25) is 0 Å². The van der Waals surface area contributed by atoms with E-state index in [1.807, 2.05) is 11.8 Å². The first-order valence-corrected chi connectivity index (χ1v) is 7.54. The molecule has 1 nitrogen and oxygen atoms in total. The third kappa shape index (κ3) is 3.25. The van der Waals surface area contributed by atoms with Crippen molar-refractivity contribution < 1.29 is 0 Å². The van der Waals surface area contributed by atoms with Crippen molar-refractivity contribution in [2.45, 2.75) is 42.2 Å². The van der Waals surface area contributed by atoms with E-state index in [1.54, 1.807) is 0 Å². The molecular formula is C13H18BrNS. The van der Waals surface area contributed by atoms with Gasteiger partial charge < -0.3 is 5.73 Å². The van der Waals surface area contributed by atoms with Gasteiger partial charge in [-0.25, -0.2) is 0 Å². The highest BCUT2D eigenvalue weighted by Gasteiger charge is 2.23. The Balaban J connectivity index is 2.08. The lowest BCUT2D eigenvalue weighted by molar-refractivity contribution is 0.689.